The number of rotatable bonds is 4. The number of ether oxygens (including phenoxy) is 2. The number of hydrogen-bond donors (Lipinski definition) is 2. The van der Waals surface area contributed by atoms with Crippen molar-refractivity contribution in [2.24, 2.45) is 5.73 Å². The first-order chi connectivity index (χ1) is 5.04. The first-order valence-electron chi connectivity index (χ1n) is 2.88. The summed E-state index contributed by atoms with van der Waals surface area (Å²) in [7, 11) is 2.73. The average molecular weight is 164 g/mol. The van der Waals surface area contributed by atoms with Crippen molar-refractivity contribution in [3.8, 4) is 0 Å². The fourth-order valence-electron chi connectivity index (χ4n) is 0.310. The van der Waals surface area contributed by atoms with Crippen molar-refractivity contribution >= 4 is 6.03 Å². The molecule has 6 heteroatoms. The van der Waals surface area contributed by atoms with E-state index in [2.05, 4.69) is 4.84 Å². The second-order valence-corrected chi connectivity index (χ2v) is 1.84. The Labute approximate surface area is 64.5 Å². The van der Waals surface area contributed by atoms with Gasteiger partial charge in [-0.3, -0.25) is 0 Å². The molecule has 0 bridgehead atoms. The highest BCUT2D eigenvalue weighted by molar-refractivity contribution is 5.70. The van der Waals surface area contributed by atoms with Gasteiger partial charge in [-0.05, 0) is 0 Å². The van der Waals surface area contributed by atoms with Crippen molar-refractivity contribution in [3.63, 3.8) is 0 Å². The lowest BCUT2D eigenvalue weighted by Crippen LogP contribution is -2.42. The second kappa shape index (κ2) is 4.12. The number of nitrogens with two attached hydrogens (primary N) is 1. The Bertz CT molecular complexity index is 134. The molecule has 0 aliphatic rings. The van der Waals surface area contributed by atoms with E-state index < -0.39 is 12.0 Å². The molecule has 0 saturated carbocycles. The van der Waals surface area contributed by atoms with Crippen LogP contribution in [0.15, 0.2) is 0 Å². The maximum atomic E-state index is 10.2. The molecule has 0 aromatic rings. The molecule has 0 aliphatic carbocycles. The monoisotopic (exact) mass is 164 g/mol. The summed E-state index contributed by atoms with van der Waals surface area (Å²) in [6.07, 6.45) is 0. The summed E-state index contributed by atoms with van der Waals surface area (Å²) in [5.41, 5.74) is 6.60. The minimum Gasteiger partial charge on any atom is -0.350 e. The number of amides is 2. The van der Waals surface area contributed by atoms with Crippen LogP contribution in [0.5, 0.6) is 0 Å². The number of nitrogens with one attached hydrogen (secondary N) is 1. The molecule has 0 saturated heterocycles. The summed E-state index contributed by atoms with van der Waals surface area (Å²) in [4.78, 5) is 14.8. The first kappa shape index (κ1) is 10.2. The highest BCUT2D eigenvalue weighted by atomic mass is 16.9. The van der Waals surface area contributed by atoms with Crippen LogP contribution in [0.1, 0.15) is 6.92 Å². The summed E-state index contributed by atoms with van der Waals surface area (Å²) >= 11 is 0. The van der Waals surface area contributed by atoms with Crippen LogP contribution in [0, 0.1) is 0 Å². The molecule has 66 valence electrons. The highest BCUT2D eigenvalue weighted by Crippen LogP contribution is 2.08. The fraction of sp³-hybridized carbons (Fsp3) is 0.800. The Hall–Kier alpha value is -0.850. The van der Waals surface area contributed by atoms with Gasteiger partial charge in [-0.1, -0.05) is 0 Å². The molecule has 0 rings (SSSR count). The molecule has 0 spiro atoms. The Morgan fingerprint density at radius 3 is 2.18 bits per heavy atom. The highest BCUT2D eigenvalue weighted by Gasteiger charge is 2.24. The van der Waals surface area contributed by atoms with Gasteiger partial charge >= 0.3 is 12.0 Å². The molecule has 2 amide bonds. The van der Waals surface area contributed by atoms with Gasteiger partial charge in [0.15, 0.2) is 0 Å². The summed E-state index contributed by atoms with van der Waals surface area (Å²) in [5.74, 6) is -1.30. The number of carbonyl (C=O) groups is 1. The molecule has 0 radical (unpaired) electrons. The lowest BCUT2D eigenvalue weighted by atomic mass is 10.6. The minimum absolute atomic E-state index is 0.815. The molecule has 6 nitrogen and oxygen atoms in total. The van der Waals surface area contributed by atoms with Gasteiger partial charge < -0.3 is 15.2 Å². The van der Waals surface area contributed by atoms with Gasteiger partial charge in [0, 0.05) is 21.1 Å². The van der Waals surface area contributed by atoms with Crippen LogP contribution in [0.25, 0.3) is 0 Å². The molecule has 0 heterocycles. The molecule has 3 N–H and O–H groups in total. The van der Waals surface area contributed by atoms with Crippen molar-refractivity contribution in [1.82, 2.24) is 5.48 Å². The van der Waals surface area contributed by atoms with Crippen LogP contribution in [-0.4, -0.2) is 26.2 Å². The topological polar surface area (TPSA) is 82.8 Å². The van der Waals surface area contributed by atoms with Gasteiger partial charge in [0.05, 0.1) is 0 Å². The Morgan fingerprint density at radius 1 is 1.45 bits per heavy atom. The molecule has 11 heavy (non-hydrogen) atoms. The van der Waals surface area contributed by atoms with E-state index in [1.807, 2.05) is 5.48 Å². The third-order valence-electron chi connectivity index (χ3n) is 1.08. The maximum absolute atomic E-state index is 10.2. The van der Waals surface area contributed by atoms with E-state index in [9.17, 15) is 4.79 Å². The van der Waals surface area contributed by atoms with Crippen molar-refractivity contribution in [2.45, 2.75) is 12.9 Å². The standard InChI is InChI=1S/C5H12N2O4/c1-5(9-2,10-3)11-7-4(6)8/h1-3H3,(H3,6,7,8). The molecule has 0 aromatic carbocycles. The lowest BCUT2D eigenvalue weighted by molar-refractivity contribution is -0.366. The van der Waals surface area contributed by atoms with Gasteiger partial charge in [0.2, 0.25) is 0 Å². The van der Waals surface area contributed by atoms with Crippen LogP contribution < -0.4 is 11.2 Å². The first-order valence-corrected chi connectivity index (χ1v) is 2.88. The molecular weight excluding hydrogens is 152 g/mol. The molecular formula is C5H12N2O4. The third kappa shape index (κ3) is 3.76. The van der Waals surface area contributed by atoms with Crippen molar-refractivity contribution in [1.29, 1.82) is 0 Å². The lowest BCUT2D eigenvalue weighted by Gasteiger charge is -2.24. The Balaban J connectivity index is 3.78. The zero-order chi connectivity index (χ0) is 8.91. The smallest absolute Gasteiger partial charge is 0.336 e. The quantitative estimate of drug-likeness (QED) is 0.435. The van der Waals surface area contributed by atoms with Crippen molar-refractivity contribution in [3.05, 3.63) is 0 Å². The third-order valence-corrected chi connectivity index (χ3v) is 1.08. The van der Waals surface area contributed by atoms with Gasteiger partial charge in [0.25, 0.3) is 0 Å². The minimum atomic E-state index is -1.30. The number of hydroxylamine groups is 1. The number of hydrogen-bond acceptors (Lipinski definition) is 4. The zero-order valence-corrected chi connectivity index (χ0v) is 6.71. The zero-order valence-electron chi connectivity index (χ0n) is 6.71. The number of primary amides is 1. The summed E-state index contributed by atoms with van der Waals surface area (Å²) in [5, 5.41) is 0. The van der Waals surface area contributed by atoms with E-state index in [-0.39, 0.29) is 0 Å². The molecule has 0 atom stereocenters. The fourth-order valence-corrected chi connectivity index (χ4v) is 0.310. The predicted molar refractivity (Wildman–Crippen MR) is 36.2 cm³/mol. The van der Waals surface area contributed by atoms with Crippen LogP contribution >= 0.6 is 0 Å². The molecule has 0 fully saturated rings. The van der Waals surface area contributed by atoms with Crippen LogP contribution in [0.3, 0.4) is 0 Å². The Kier molecular flexibility index (Phi) is 3.80. The van der Waals surface area contributed by atoms with Gasteiger partial charge in [-0.2, -0.15) is 0 Å². The second-order valence-electron chi connectivity index (χ2n) is 1.84. The number of carbonyl (C=O) groups excluding carboxylic acids is 1. The Morgan fingerprint density at radius 2 is 1.91 bits per heavy atom. The molecule has 0 unspecified atom stereocenters. The molecule has 0 aliphatic heterocycles. The van der Waals surface area contributed by atoms with E-state index in [4.69, 9.17) is 15.2 Å². The van der Waals surface area contributed by atoms with Crippen LogP contribution in [0.2, 0.25) is 0 Å². The normalized spacial score (nSPS) is 11.2. The van der Waals surface area contributed by atoms with E-state index >= 15 is 0 Å². The SMILES string of the molecule is COC(C)(OC)ONC(N)=O. The van der Waals surface area contributed by atoms with E-state index in [0.29, 0.717) is 0 Å². The van der Waals surface area contributed by atoms with Gasteiger partial charge in [-0.15, -0.1) is 0 Å². The summed E-state index contributed by atoms with van der Waals surface area (Å²) in [6, 6.07) is -0.815. The van der Waals surface area contributed by atoms with E-state index in [1.54, 1.807) is 0 Å². The van der Waals surface area contributed by atoms with E-state index in [0.717, 1.165) is 0 Å². The summed E-state index contributed by atoms with van der Waals surface area (Å²) in [6.45, 7) is 1.48. The average Bonchev–Trinajstić information content (AvgIpc) is 2.00. The van der Waals surface area contributed by atoms with Crippen LogP contribution in [0.4, 0.5) is 4.79 Å². The maximum Gasteiger partial charge on any atom is 0.336 e. The number of methoxy groups -OCH3 is 2. The number of urea groups is 1. The molecule has 0 aromatic heterocycles. The van der Waals surface area contributed by atoms with Crippen molar-refractivity contribution < 1.29 is 19.1 Å². The van der Waals surface area contributed by atoms with Crippen molar-refractivity contribution in [2.75, 3.05) is 14.2 Å². The predicted octanol–water partition coefficient (Wildman–Crippen LogP) is -0.447. The van der Waals surface area contributed by atoms with Crippen LogP contribution in [-0.2, 0) is 14.3 Å². The van der Waals surface area contributed by atoms with Gasteiger partial charge in [0.1, 0.15) is 0 Å². The largest absolute Gasteiger partial charge is 0.350 e. The van der Waals surface area contributed by atoms with Gasteiger partial charge in [-0.25, -0.2) is 15.1 Å². The van der Waals surface area contributed by atoms with E-state index in [1.165, 1.54) is 21.1 Å². The summed E-state index contributed by atoms with van der Waals surface area (Å²) < 4.78 is 9.45.